The molecule has 0 saturated carbocycles. The van der Waals surface area contributed by atoms with E-state index in [1.807, 2.05) is 12.2 Å². The molecule has 0 bridgehead atoms. The molecule has 80 valence electrons. The Morgan fingerprint density at radius 2 is 1.64 bits per heavy atom. The van der Waals surface area contributed by atoms with Crippen LogP contribution in [0.1, 0.15) is 39.0 Å². The molecule has 0 N–H and O–H groups in total. The lowest BCUT2D eigenvalue weighted by molar-refractivity contribution is 0.371. The van der Waals surface area contributed by atoms with Gasteiger partial charge in [-0.2, -0.15) is 0 Å². The van der Waals surface area contributed by atoms with Crippen molar-refractivity contribution >= 4 is 0 Å². The van der Waals surface area contributed by atoms with Gasteiger partial charge in [0.1, 0.15) is 0 Å². The molecule has 0 nitrogen and oxygen atoms in total. The third-order valence-corrected chi connectivity index (χ3v) is 2.74. The third kappa shape index (κ3) is 5.06. The summed E-state index contributed by atoms with van der Waals surface area (Å²) in [5.41, 5.74) is 0. The van der Waals surface area contributed by atoms with E-state index in [2.05, 4.69) is 32.7 Å². The largest absolute Gasteiger partial charge is 0.103 e. The second-order valence-corrected chi connectivity index (χ2v) is 3.85. The minimum atomic E-state index is 0.631. The first kappa shape index (κ1) is 13.2. The summed E-state index contributed by atoms with van der Waals surface area (Å²) >= 11 is 0. The van der Waals surface area contributed by atoms with E-state index >= 15 is 0 Å². The van der Waals surface area contributed by atoms with E-state index in [4.69, 9.17) is 0 Å². The van der Waals surface area contributed by atoms with Crippen LogP contribution in [0.2, 0.25) is 0 Å². The SMILES string of the molecule is C=CCC(CC=C)C(C=C)CCCC. The first-order chi connectivity index (χ1) is 6.79. The molecule has 0 radical (unpaired) electrons. The highest BCUT2D eigenvalue weighted by atomic mass is 14.2. The second-order valence-electron chi connectivity index (χ2n) is 3.85. The zero-order valence-electron chi connectivity index (χ0n) is 9.54. The molecule has 0 spiro atoms. The zero-order chi connectivity index (χ0) is 10.8. The first-order valence-electron chi connectivity index (χ1n) is 5.64. The fourth-order valence-electron chi connectivity index (χ4n) is 1.86. The number of unbranched alkanes of at least 4 members (excludes halogenated alkanes) is 1. The van der Waals surface area contributed by atoms with Crippen LogP contribution in [-0.4, -0.2) is 0 Å². The van der Waals surface area contributed by atoms with Gasteiger partial charge in [-0.3, -0.25) is 0 Å². The highest BCUT2D eigenvalue weighted by molar-refractivity contribution is 4.91. The van der Waals surface area contributed by atoms with Crippen LogP contribution in [0.5, 0.6) is 0 Å². The molecule has 0 aromatic carbocycles. The summed E-state index contributed by atoms with van der Waals surface area (Å²) in [4.78, 5) is 0. The number of rotatable bonds is 9. The Morgan fingerprint density at radius 3 is 2.00 bits per heavy atom. The molecule has 0 heteroatoms. The van der Waals surface area contributed by atoms with Crippen molar-refractivity contribution in [1.82, 2.24) is 0 Å². The molecule has 0 aromatic heterocycles. The fraction of sp³-hybridized carbons (Fsp3) is 0.571. The van der Waals surface area contributed by atoms with Crippen LogP contribution in [0.4, 0.5) is 0 Å². The van der Waals surface area contributed by atoms with Crippen molar-refractivity contribution in [3.63, 3.8) is 0 Å². The monoisotopic (exact) mass is 192 g/mol. The average molecular weight is 192 g/mol. The first-order valence-corrected chi connectivity index (χ1v) is 5.64. The van der Waals surface area contributed by atoms with E-state index in [0.29, 0.717) is 11.8 Å². The van der Waals surface area contributed by atoms with E-state index in [1.54, 1.807) is 0 Å². The van der Waals surface area contributed by atoms with E-state index in [1.165, 1.54) is 19.3 Å². The van der Waals surface area contributed by atoms with Gasteiger partial charge >= 0.3 is 0 Å². The Hall–Kier alpha value is -0.780. The van der Waals surface area contributed by atoms with Gasteiger partial charge in [0.25, 0.3) is 0 Å². The predicted molar refractivity (Wildman–Crippen MR) is 66.3 cm³/mol. The summed E-state index contributed by atoms with van der Waals surface area (Å²) in [6, 6.07) is 0. The maximum atomic E-state index is 3.93. The normalized spacial score (nSPS) is 12.4. The van der Waals surface area contributed by atoms with Crippen LogP contribution < -0.4 is 0 Å². The molecule has 0 saturated heterocycles. The van der Waals surface area contributed by atoms with Crippen molar-refractivity contribution in [2.45, 2.75) is 39.0 Å². The Balaban J connectivity index is 4.15. The highest BCUT2D eigenvalue weighted by Gasteiger charge is 2.15. The van der Waals surface area contributed by atoms with Crippen molar-refractivity contribution < 1.29 is 0 Å². The fourth-order valence-corrected chi connectivity index (χ4v) is 1.86. The molecule has 0 aliphatic carbocycles. The Labute approximate surface area is 89.4 Å². The molecule has 0 fully saturated rings. The van der Waals surface area contributed by atoms with Crippen LogP contribution in [0, 0.1) is 11.8 Å². The lowest BCUT2D eigenvalue weighted by atomic mass is 9.83. The van der Waals surface area contributed by atoms with Crippen molar-refractivity contribution in [1.29, 1.82) is 0 Å². The smallest absolute Gasteiger partial charge is 0.0202 e. The van der Waals surface area contributed by atoms with Crippen LogP contribution in [0.15, 0.2) is 38.0 Å². The lowest BCUT2D eigenvalue weighted by Crippen LogP contribution is -2.11. The van der Waals surface area contributed by atoms with Crippen LogP contribution >= 0.6 is 0 Å². The summed E-state index contributed by atoms with van der Waals surface area (Å²) in [6.45, 7) is 13.8. The van der Waals surface area contributed by atoms with Crippen molar-refractivity contribution in [3.05, 3.63) is 38.0 Å². The maximum Gasteiger partial charge on any atom is -0.0202 e. The lowest BCUT2D eigenvalue weighted by Gasteiger charge is -2.22. The van der Waals surface area contributed by atoms with E-state index in [-0.39, 0.29) is 0 Å². The topological polar surface area (TPSA) is 0 Å². The summed E-state index contributed by atoms with van der Waals surface area (Å²) in [5, 5.41) is 0. The van der Waals surface area contributed by atoms with Gasteiger partial charge in [-0.15, -0.1) is 19.7 Å². The van der Waals surface area contributed by atoms with Gasteiger partial charge in [-0.25, -0.2) is 0 Å². The molecule has 1 atom stereocenters. The van der Waals surface area contributed by atoms with Gasteiger partial charge in [-0.05, 0) is 31.1 Å². The second kappa shape index (κ2) is 8.80. The summed E-state index contributed by atoms with van der Waals surface area (Å²) < 4.78 is 0. The Kier molecular flexibility index (Phi) is 8.31. The van der Waals surface area contributed by atoms with Gasteiger partial charge in [0.05, 0.1) is 0 Å². The van der Waals surface area contributed by atoms with Gasteiger partial charge in [0.2, 0.25) is 0 Å². The van der Waals surface area contributed by atoms with E-state index in [9.17, 15) is 0 Å². The van der Waals surface area contributed by atoms with E-state index in [0.717, 1.165) is 12.8 Å². The molecule has 0 rings (SSSR count). The van der Waals surface area contributed by atoms with Crippen LogP contribution in [-0.2, 0) is 0 Å². The summed E-state index contributed by atoms with van der Waals surface area (Å²) in [5.74, 6) is 1.29. The molecule has 0 aliphatic rings. The molecule has 0 heterocycles. The zero-order valence-corrected chi connectivity index (χ0v) is 9.54. The predicted octanol–water partition coefficient (Wildman–Crippen LogP) is 4.75. The molecular weight excluding hydrogens is 168 g/mol. The Bertz CT molecular complexity index is 157. The minimum Gasteiger partial charge on any atom is -0.103 e. The average Bonchev–Trinajstić information content (AvgIpc) is 2.19. The van der Waals surface area contributed by atoms with E-state index < -0.39 is 0 Å². The van der Waals surface area contributed by atoms with Crippen molar-refractivity contribution in [2.75, 3.05) is 0 Å². The van der Waals surface area contributed by atoms with Gasteiger partial charge in [0.15, 0.2) is 0 Å². The summed E-state index contributed by atoms with van der Waals surface area (Å²) in [7, 11) is 0. The van der Waals surface area contributed by atoms with Gasteiger partial charge in [0, 0.05) is 0 Å². The third-order valence-electron chi connectivity index (χ3n) is 2.74. The summed E-state index contributed by atoms with van der Waals surface area (Å²) in [6.07, 6.45) is 12.1. The number of hydrogen-bond acceptors (Lipinski definition) is 0. The van der Waals surface area contributed by atoms with Crippen LogP contribution in [0.25, 0.3) is 0 Å². The van der Waals surface area contributed by atoms with Crippen molar-refractivity contribution in [3.8, 4) is 0 Å². The standard InChI is InChI=1S/C14H24/c1-5-9-12-13(8-4)14(10-6-2)11-7-3/h6-8,13-14H,2-5,9-12H2,1H3. The molecule has 1 unspecified atom stereocenters. The molecule has 0 aliphatic heterocycles. The molecule has 0 aromatic rings. The van der Waals surface area contributed by atoms with Crippen LogP contribution in [0.3, 0.4) is 0 Å². The maximum absolute atomic E-state index is 3.93. The van der Waals surface area contributed by atoms with Crippen molar-refractivity contribution in [2.24, 2.45) is 11.8 Å². The quantitative estimate of drug-likeness (QED) is 0.463. The minimum absolute atomic E-state index is 0.631. The highest BCUT2D eigenvalue weighted by Crippen LogP contribution is 2.26. The molecular formula is C14H24. The van der Waals surface area contributed by atoms with Gasteiger partial charge < -0.3 is 0 Å². The Morgan fingerprint density at radius 1 is 1.07 bits per heavy atom. The molecule has 0 amide bonds. The molecule has 14 heavy (non-hydrogen) atoms. The number of hydrogen-bond donors (Lipinski definition) is 0. The number of allylic oxidation sites excluding steroid dienone is 3. The van der Waals surface area contributed by atoms with Gasteiger partial charge in [-0.1, -0.05) is 38.0 Å².